The monoisotopic (exact) mass is 352 g/mol. The molecule has 2 aromatic rings. The molecule has 0 atom stereocenters. The maximum atomic E-state index is 4.17. The lowest BCUT2D eigenvalue weighted by Crippen LogP contribution is -2.21. The zero-order valence-electron chi connectivity index (χ0n) is 11.2. The van der Waals surface area contributed by atoms with Crippen molar-refractivity contribution < 1.29 is 0 Å². The maximum absolute atomic E-state index is 4.17. The summed E-state index contributed by atoms with van der Waals surface area (Å²) in [4.78, 5) is 0. The highest BCUT2D eigenvalue weighted by atomic mass is 79.9. The molecule has 1 saturated carbocycles. The van der Waals surface area contributed by atoms with Crippen LogP contribution in [0.2, 0.25) is 0 Å². The first-order valence-corrected chi connectivity index (χ1v) is 8.96. The lowest BCUT2D eigenvalue weighted by Gasteiger charge is -2.25. The van der Waals surface area contributed by atoms with Crippen LogP contribution in [0.4, 0.5) is 0 Å². The summed E-state index contributed by atoms with van der Waals surface area (Å²) < 4.78 is 1.82. The topological polar surface area (TPSA) is 43.6 Å². The zero-order chi connectivity index (χ0) is 13.8. The van der Waals surface area contributed by atoms with Crippen LogP contribution in [-0.2, 0) is 0 Å². The molecule has 0 N–H and O–H groups in total. The summed E-state index contributed by atoms with van der Waals surface area (Å²) in [7, 11) is 0. The Morgan fingerprint density at radius 2 is 1.95 bits per heavy atom. The van der Waals surface area contributed by atoms with Crippen molar-refractivity contribution in [2.45, 2.75) is 30.8 Å². The van der Waals surface area contributed by atoms with Gasteiger partial charge in [0, 0.05) is 11.1 Å². The van der Waals surface area contributed by atoms with E-state index in [9.17, 15) is 0 Å². The predicted molar refractivity (Wildman–Crippen MR) is 84.6 cm³/mol. The second-order valence-corrected chi connectivity index (χ2v) is 6.84. The second-order valence-electron chi connectivity index (χ2n) is 5.34. The number of tetrazole rings is 1. The third-order valence-electron chi connectivity index (χ3n) is 3.90. The zero-order valence-corrected chi connectivity index (χ0v) is 13.6. The quantitative estimate of drug-likeness (QED) is 0.607. The van der Waals surface area contributed by atoms with Crippen molar-refractivity contribution in [3.8, 4) is 5.69 Å². The van der Waals surface area contributed by atoms with Crippen LogP contribution in [0.1, 0.15) is 25.7 Å². The lowest BCUT2D eigenvalue weighted by atomic mass is 9.92. The highest BCUT2D eigenvalue weighted by Gasteiger charge is 2.33. The van der Waals surface area contributed by atoms with E-state index in [-0.39, 0.29) is 0 Å². The number of para-hydroxylation sites is 1. The van der Waals surface area contributed by atoms with Gasteiger partial charge in [-0.25, -0.2) is 0 Å². The number of nitrogens with zero attached hydrogens (tertiary/aromatic N) is 4. The van der Waals surface area contributed by atoms with Crippen molar-refractivity contribution in [3.05, 3.63) is 30.3 Å². The summed E-state index contributed by atoms with van der Waals surface area (Å²) in [6.45, 7) is 0. The molecule has 1 aliphatic rings. The third kappa shape index (κ3) is 2.91. The SMILES string of the molecule is BrCC1(CSc2nnnn2-c2ccccc2)CCCC1. The standard InChI is InChI=1S/C14H17BrN4S/c15-10-14(8-4-5-9-14)11-20-13-16-17-18-19(13)12-6-2-1-3-7-12/h1-3,6-7H,4-5,8-11H2. The van der Waals surface area contributed by atoms with E-state index in [1.807, 2.05) is 35.0 Å². The van der Waals surface area contributed by atoms with Crippen LogP contribution in [0.3, 0.4) is 0 Å². The van der Waals surface area contributed by atoms with Crippen LogP contribution in [0.25, 0.3) is 5.69 Å². The van der Waals surface area contributed by atoms with Crippen LogP contribution in [0.5, 0.6) is 0 Å². The molecule has 106 valence electrons. The van der Waals surface area contributed by atoms with E-state index in [0.29, 0.717) is 5.41 Å². The number of rotatable bonds is 5. The van der Waals surface area contributed by atoms with E-state index in [0.717, 1.165) is 21.9 Å². The maximum Gasteiger partial charge on any atom is 0.214 e. The van der Waals surface area contributed by atoms with Crippen molar-refractivity contribution in [3.63, 3.8) is 0 Å². The minimum atomic E-state index is 0.415. The molecule has 0 bridgehead atoms. The van der Waals surface area contributed by atoms with Crippen molar-refractivity contribution in [2.24, 2.45) is 5.41 Å². The van der Waals surface area contributed by atoms with Crippen molar-refractivity contribution >= 4 is 27.7 Å². The Labute approximate surface area is 131 Å². The fourth-order valence-corrected chi connectivity index (χ4v) is 4.87. The van der Waals surface area contributed by atoms with E-state index < -0.39 is 0 Å². The Bertz CT molecular complexity index is 551. The molecule has 1 fully saturated rings. The number of benzene rings is 1. The van der Waals surface area contributed by atoms with Gasteiger partial charge in [0.1, 0.15) is 0 Å². The van der Waals surface area contributed by atoms with Gasteiger partial charge in [0.15, 0.2) is 0 Å². The number of alkyl halides is 1. The van der Waals surface area contributed by atoms with Gasteiger partial charge in [0.05, 0.1) is 5.69 Å². The fraction of sp³-hybridized carbons (Fsp3) is 0.500. The molecule has 1 aliphatic carbocycles. The summed E-state index contributed by atoms with van der Waals surface area (Å²) in [5.74, 6) is 1.07. The molecule has 1 aromatic carbocycles. The first-order chi connectivity index (χ1) is 9.83. The average Bonchev–Trinajstić information content (AvgIpc) is 3.16. The Morgan fingerprint density at radius 1 is 1.20 bits per heavy atom. The van der Waals surface area contributed by atoms with Gasteiger partial charge in [0.2, 0.25) is 5.16 Å². The number of halogens is 1. The molecule has 4 nitrogen and oxygen atoms in total. The summed E-state index contributed by atoms with van der Waals surface area (Å²) in [5.41, 5.74) is 1.43. The van der Waals surface area contributed by atoms with Gasteiger partial charge in [-0.15, -0.1) is 5.10 Å². The number of thioether (sulfide) groups is 1. The van der Waals surface area contributed by atoms with E-state index in [1.165, 1.54) is 25.7 Å². The number of aromatic nitrogens is 4. The predicted octanol–water partition coefficient (Wildman–Crippen LogP) is 3.71. The molecule has 1 heterocycles. The van der Waals surface area contributed by atoms with Gasteiger partial charge < -0.3 is 0 Å². The van der Waals surface area contributed by atoms with Crippen molar-refractivity contribution in [1.82, 2.24) is 20.2 Å². The van der Waals surface area contributed by atoms with Crippen LogP contribution in [0.15, 0.2) is 35.5 Å². The second kappa shape index (κ2) is 6.26. The minimum Gasteiger partial charge on any atom is -0.188 e. The Morgan fingerprint density at radius 3 is 2.65 bits per heavy atom. The van der Waals surface area contributed by atoms with E-state index >= 15 is 0 Å². The van der Waals surface area contributed by atoms with Crippen molar-refractivity contribution in [2.75, 3.05) is 11.1 Å². The minimum absolute atomic E-state index is 0.415. The van der Waals surface area contributed by atoms with Gasteiger partial charge in [-0.1, -0.05) is 58.7 Å². The summed E-state index contributed by atoms with van der Waals surface area (Å²) in [5, 5.41) is 14.0. The van der Waals surface area contributed by atoms with Crippen LogP contribution in [-0.4, -0.2) is 31.3 Å². The van der Waals surface area contributed by atoms with Gasteiger partial charge >= 0.3 is 0 Å². The molecule has 0 radical (unpaired) electrons. The van der Waals surface area contributed by atoms with E-state index in [2.05, 4.69) is 31.5 Å². The smallest absolute Gasteiger partial charge is 0.188 e. The molecule has 0 amide bonds. The Hall–Kier alpha value is -0.880. The molecular weight excluding hydrogens is 336 g/mol. The molecule has 0 unspecified atom stereocenters. The molecule has 0 spiro atoms. The average molecular weight is 353 g/mol. The summed E-state index contributed by atoms with van der Waals surface area (Å²) in [6.07, 6.45) is 5.29. The third-order valence-corrected chi connectivity index (χ3v) is 6.36. The van der Waals surface area contributed by atoms with Crippen LogP contribution >= 0.6 is 27.7 Å². The Kier molecular flexibility index (Phi) is 4.41. The molecule has 3 rings (SSSR count). The molecule has 6 heteroatoms. The first-order valence-electron chi connectivity index (χ1n) is 6.86. The first kappa shape index (κ1) is 14.1. The molecule has 0 saturated heterocycles. The van der Waals surface area contributed by atoms with E-state index in [4.69, 9.17) is 0 Å². The van der Waals surface area contributed by atoms with Gasteiger partial charge in [0.25, 0.3) is 0 Å². The van der Waals surface area contributed by atoms with Crippen LogP contribution < -0.4 is 0 Å². The fourth-order valence-electron chi connectivity index (χ4n) is 2.66. The van der Waals surface area contributed by atoms with Gasteiger partial charge in [-0.05, 0) is 40.8 Å². The van der Waals surface area contributed by atoms with Gasteiger partial charge in [-0.3, -0.25) is 0 Å². The number of hydrogen-bond acceptors (Lipinski definition) is 4. The Balaban J connectivity index is 1.74. The molecule has 1 aromatic heterocycles. The lowest BCUT2D eigenvalue weighted by molar-refractivity contribution is 0.405. The van der Waals surface area contributed by atoms with Crippen molar-refractivity contribution in [1.29, 1.82) is 0 Å². The summed E-state index contributed by atoms with van der Waals surface area (Å²) >= 11 is 5.46. The number of hydrogen-bond donors (Lipinski definition) is 0. The van der Waals surface area contributed by atoms with E-state index in [1.54, 1.807) is 11.8 Å². The highest BCUT2D eigenvalue weighted by Crippen LogP contribution is 2.43. The normalized spacial score (nSPS) is 17.4. The van der Waals surface area contributed by atoms with Gasteiger partial charge in [-0.2, -0.15) is 4.68 Å². The molecule has 20 heavy (non-hydrogen) atoms. The molecule has 0 aliphatic heterocycles. The highest BCUT2D eigenvalue weighted by molar-refractivity contribution is 9.09. The summed E-state index contributed by atoms with van der Waals surface area (Å²) in [6, 6.07) is 10.1. The van der Waals surface area contributed by atoms with Crippen LogP contribution in [0, 0.1) is 5.41 Å². The largest absolute Gasteiger partial charge is 0.214 e. The molecular formula is C14H17BrN4S.